The van der Waals surface area contributed by atoms with Crippen molar-refractivity contribution >= 4 is 6.09 Å². The van der Waals surface area contributed by atoms with Gasteiger partial charge in [0.1, 0.15) is 11.5 Å². The Morgan fingerprint density at radius 2 is 1.96 bits per heavy atom. The summed E-state index contributed by atoms with van der Waals surface area (Å²) in [5.74, 6) is 1.34. The molecule has 6 heteroatoms. The third kappa shape index (κ3) is 5.46. The van der Waals surface area contributed by atoms with E-state index in [4.69, 9.17) is 9.47 Å². The number of pyridine rings is 1. The largest absolute Gasteiger partial charge is 0.492 e. The third-order valence-corrected chi connectivity index (χ3v) is 3.82. The second-order valence-corrected chi connectivity index (χ2v) is 5.90. The van der Waals surface area contributed by atoms with Crippen LogP contribution in [0.2, 0.25) is 0 Å². The molecule has 1 N–H and O–H groups in total. The van der Waals surface area contributed by atoms with Gasteiger partial charge in [-0.1, -0.05) is 12.1 Å². The van der Waals surface area contributed by atoms with E-state index in [1.165, 1.54) is 4.90 Å². The molecule has 0 aliphatic carbocycles. The van der Waals surface area contributed by atoms with Crippen molar-refractivity contribution in [3.05, 3.63) is 53.9 Å². The van der Waals surface area contributed by atoms with Crippen LogP contribution in [-0.4, -0.2) is 43.7 Å². The highest BCUT2D eigenvalue weighted by molar-refractivity contribution is 5.69. The maximum Gasteiger partial charge on any atom is 0.414 e. The molecule has 0 aliphatic heterocycles. The SMILES string of the molecule is CNC(CCOc1cccnc1C)c1ccc(OC(=O)N(C)C)cc1. The summed E-state index contributed by atoms with van der Waals surface area (Å²) in [6.07, 6.45) is 2.17. The monoisotopic (exact) mass is 343 g/mol. The minimum atomic E-state index is -0.391. The van der Waals surface area contributed by atoms with E-state index in [2.05, 4.69) is 10.3 Å². The van der Waals surface area contributed by atoms with Gasteiger partial charge in [0.25, 0.3) is 0 Å². The maximum atomic E-state index is 11.6. The van der Waals surface area contributed by atoms with Crippen molar-refractivity contribution in [2.45, 2.75) is 19.4 Å². The first-order valence-corrected chi connectivity index (χ1v) is 8.22. The van der Waals surface area contributed by atoms with Crippen LogP contribution in [-0.2, 0) is 0 Å². The van der Waals surface area contributed by atoms with E-state index >= 15 is 0 Å². The van der Waals surface area contributed by atoms with Crippen LogP contribution in [0.3, 0.4) is 0 Å². The zero-order valence-corrected chi connectivity index (χ0v) is 15.2. The van der Waals surface area contributed by atoms with Crippen LogP contribution in [0.1, 0.15) is 23.7 Å². The molecular formula is C19H25N3O3. The van der Waals surface area contributed by atoms with Crippen molar-refractivity contribution in [3.8, 4) is 11.5 Å². The molecule has 1 aromatic heterocycles. The Balaban J connectivity index is 1.91. The van der Waals surface area contributed by atoms with Gasteiger partial charge in [-0.25, -0.2) is 4.79 Å². The Labute approximate surface area is 148 Å². The average Bonchev–Trinajstić information content (AvgIpc) is 2.61. The molecule has 0 fully saturated rings. The summed E-state index contributed by atoms with van der Waals surface area (Å²) >= 11 is 0. The summed E-state index contributed by atoms with van der Waals surface area (Å²) < 4.78 is 11.0. The lowest BCUT2D eigenvalue weighted by Gasteiger charge is -2.18. The Bertz CT molecular complexity index is 687. The van der Waals surface area contributed by atoms with Gasteiger partial charge in [-0.05, 0) is 43.8 Å². The van der Waals surface area contributed by atoms with Crippen LogP contribution in [0, 0.1) is 6.92 Å². The van der Waals surface area contributed by atoms with Crippen molar-refractivity contribution in [1.29, 1.82) is 0 Å². The number of hydrogen-bond acceptors (Lipinski definition) is 5. The van der Waals surface area contributed by atoms with Gasteiger partial charge in [0.15, 0.2) is 0 Å². The molecule has 2 aromatic rings. The molecule has 1 atom stereocenters. The molecule has 1 amide bonds. The standard InChI is InChI=1S/C19H25N3O3/c1-14-18(6-5-12-21-14)24-13-11-17(20-2)15-7-9-16(10-8-15)25-19(23)22(3)4/h5-10,12,17,20H,11,13H2,1-4H3. The van der Waals surface area contributed by atoms with Crippen LogP contribution in [0.4, 0.5) is 4.79 Å². The molecule has 6 nitrogen and oxygen atoms in total. The van der Waals surface area contributed by atoms with Gasteiger partial charge < -0.3 is 19.7 Å². The van der Waals surface area contributed by atoms with Crippen LogP contribution in [0.25, 0.3) is 0 Å². The molecule has 0 spiro atoms. The van der Waals surface area contributed by atoms with Crippen LogP contribution < -0.4 is 14.8 Å². The summed E-state index contributed by atoms with van der Waals surface area (Å²) in [6.45, 7) is 2.51. The molecule has 1 aromatic carbocycles. The molecule has 0 bridgehead atoms. The summed E-state index contributed by atoms with van der Waals surface area (Å²) in [5, 5.41) is 3.29. The maximum absolute atomic E-state index is 11.6. The number of amides is 1. The van der Waals surface area contributed by atoms with Gasteiger partial charge in [0, 0.05) is 32.8 Å². The fourth-order valence-electron chi connectivity index (χ4n) is 2.35. The van der Waals surface area contributed by atoms with Gasteiger partial charge in [0.05, 0.1) is 12.3 Å². The lowest BCUT2D eigenvalue weighted by molar-refractivity contribution is 0.172. The predicted molar refractivity (Wildman–Crippen MR) is 97.0 cm³/mol. The number of aromatic nitrogens is 1. The number of rotatable bonds is 7. The van der Waals surface area contributed by atoms with E-state index in [0.29, 0.717) is 12.4 Å². The smallest absolute Gasteiger partial charge is 0.414 e. The Hall–Kier alpha value is -2.60. The molecule has 0 radical (unpaired) electrons. The van der Waals surface area contributed by atoms with Gasteiger partial charge in [-0.3, -0.25) is 4.98 Å². The van der Waals surface area contributed by atoms with Gasteiger partial charge in [-0.15, -0.1) is 0 Å². The van der Waals surface area contributed by atoms with E-state index in [9.17, 15) is 4.79 Å². The Kier molecular flexibility index (Phi) is 6.77. The van der Waals surface area contributed by atoms with E-state index in [-0.39, 0.29) is 6.04 Å². The minimum absolute atomic E-state index is 0.149. The van der Waals surface area contributed by atoms with Crippen molar-refractivity contribution in [2.24, 2.45) is 0 Å². The summed E-state index contributed by atoms with van der Waals surface area (Å²) in [7, 11) is 5.22. The lowest BCUT2D eigenvalue weighted by atomic mass is 10.0. The van der Waals surface area contributed by atoms with Gasteiger partial charge >= 0.3 is 6.09 Å². The molecule has 1 unspecified atom stereocenters. The number of carbonyl (C=O) groups excluding carboxylic acids is 1. The average molecular weight is 343 g/mol. The van der Waals surface area contributed by atoms with Crippen molar-refractivity contribution in [2.75, 3.05) is 27.7 Å². The van der Waals surface area contributed by atoms with E-state index < -0.39 is 6.09 Å². The first-order valence-electron chi connectivity index (χ1n) is 8.22. The van der Waals surface area contributed by atoms with Crippen LogP contribution in [0.5, 0.6) is 11.5 Å². The molecular weight excluding hydrogens is 318 g/mol. The number of benzene rings is 1. The molecule has 25 heavy (non-hydrogen) atoms. The van der Waals surface area contributed by atoms with Crippen LogP contribution >= 0.6 is 0 Å². The number of ether oxygens (including phenoxy) is 2. The van der Waals surface area contributed by atoms with Gasteiger partial charge in [0.2, 0.25) is 0 Å². The quantitative estimate of drug-likeness (QED) is 0.836. The zero-order chi connectivity index (χ0) is 18.2. The summed E-state index contributed by atoms with van der Waals surface area (Å²) in [4.78, 5) is 17.2. The number of hydrogen-bond donors (Lipinski definition) is 1. The number of aryl methyl sites for hydroxylation is 1. The Morgan fingerprint density at radius 1 is 1.24 bits per heavy atom. The highest BCUT2D eigenvalue weighted by Gasteiger charge is 2.12. The summed E-state index contributed by atoms with van der Waals surface area (Å²) in [6, 6.07) is 11.4. The first kappa shape index (κ1) is 18.7. The highest BCUT2D eigenvalue weighted by atomic mass is 16.6. The normalized spacial score (nSPS) is 11.7. The van der Waals surface area contributed by atoms with Crippen molar-refractivity contribution < 1.29 is 14.3 Å². The molecule has 0 aliphatic rings. The topological polar surface area (TPSA) is 63.7 Å². The van der Waals surface area contributed by atoms with E-state index in [1.54, 1.807) is 32.4 Å². The van der Waals surface area contributed by atoms with E-state index in [1.807, 2.05) is 38.2 Å². The fourth-order valence-corrected chi connectivity index (χ4v) is 2.35. The second-order valence-electron chi connectivity index (χ2n) is 5.90. The third-order valence-electron chi connectivity index (χ3n) is 3.82. The Morgan fingerprint density at radius 3 is 2.56 bits per heavy atom. The highest BCUT2D eigenvalue weighted by Crippen LogP contribution is 2.21. The number of carbonyl (C=O) groups is 1. The molecule has 134 valence electrons. The number of nitrogens with zero attached hydrogens (tertiary/aromatic N) is 2. The predicted octanol–water partition coefficient (Wildman–Crippen LogP) is 3.18. The molecule has 0 saturated carbocycles. The molecule has 0 saturated heterocycles. The van der Waals surface area contributed by atoms with Crippen molar-refractivity contribution in [1.82, 2.24) is 15.2 Å². The first-order chi connectivity index (χ1) is 12.0. The fraction of sp³-hybridized carbons (Fsp3) is 0.368. The number of nitrogens with one attached hydrogen (secondary N) is 1. The molecule has 2 rings (SSSR count). The minimum Gasteiger partial charge on any atom is -0.492 e. The molecule has 1 heterocycles. The van der Waals surface area contributed by atoms with Crippen LogP contribution in [0.15, 0.2) is 42.6 Å². The summed E-state index contributed by atoms with van der Waals surface area (Å²) in [5.41, 5.74) is 1.99. The second kappa shape index (κ2) is 9.03. The van der Waals surface area contributed by atoms with Gasteiger partial charge in [-0.2, -0.15) is 0 Å². The van der Waals surface area contributed by atoms with E-state index in [0.717, 1.165) is 23.4 Å². The van der Waals surface area contributed by atoms with Crippen molar-refractivity contribution in [3.63, 3.8) is 0 Å². The lowest BCUT2D eigenvalue weighted by Crippen LogP contribution is -2.25. The zero-order valence-electron chi connectivity index (χ0n) is 15.2.